The Bertz CT molecular complexity index is 586. The zero-order valence-electron chi connectivity index (χ0n) is 8.75. The summed E-state index contributed by atoms with van der Waals surface area (Å²) in [6.07, 6.45) is -4.09. The van der Waals surface area contributed by atoms with Gasteiger partial charge in [-0.3, -0.25) is 0 Å². The molecule has 0 saturated heterocycles. The summed E-state index contributed by atoms with van der Waals surface area (Å²) in [6.45, 7) is 1.89. The van der Waals surface area contributed by atoms with Crippen molar-refractivity contribution in [3.63, 3.8) is 0 Å². The quantitative estimate of drug-likeness (QED) is 0.783. The Labute approximate surface area is 99.0 Å². The third kappa shape index (κ3) is 2.58. The molecule has 2 rings (SSSR count). The number of aliphatic hydroxyl groups is 1. The minimum Gasteiger partial charge on any atom is -0.504 e. The molecule has 0 radical (unpaired) electrons. The summed E-state index contributed by atoms with van der Waals surface area (Å²) in [6, 6.07) is 5.41. The number of allylic oxidation sites excluding steroid dienone is 1. The minimum atomic E-state index is -4.73. The van der Waals surface area contributed by atoms with Gasteiger partial charge in [-0.1, -0.05) is 6.07 Å². The van der Waals surface area contributed by atoms with Gasteiger partial charge >= 0.3 is 6.18 Å². The third-order valence-corrected chi connectivity index (χ3v) is 3.08. The van der Waals surface area contributed by atoms with Crippen molar-refractivity contribution in [1.29, 1.82) is 0 Å². The topological polar surface area (TPSA) is 33.1 Å². The van der Waals surface area contributed by atoms with Gasteiger partial charge in [0, 0.05) is 6.08 Å². The first kappa shape index (κ1) is 11.9. The molecule has 0 unspecified atom stereocenters. The zero-order valence-corrected chi connectivity index (χ0v) is 9.56. The number of benzene rings is 1. The lowest BCUT2D eigenvalue weighted by molar-refractivity contribution is -0.119. The molecular formula is C11H8F3NOS. The van der Waals surface area contributed by atoms with E-state index in [1.165, 1.54) is 0 Å². The van der Waals surface area contributed by atoms with E-state index in [4.69, 9.17) is 5.11 Å². The minimum absolute atomic E-state index is 0.139. The van der Waals surface area contributed by atoms with E-state index in [2.05, 4.69) is 4.98 Å². The average molecular weight is 259 g/mol. The molecule has 0 aliphatic carbocycles. The molecule has 1 heterocycles. The van der Waals surface area contributed by atoms with Gasteiger partial charge in [-0.05, 0) is 24.6 Å². The lowest BCUT2D eigenvalue weighted by Crippen LogP contribution is -2.10. The lowest BCUT2D eigenvalue weighted by Gasteiger charge is -2.02. The van der Waals surface area contributed by atoms with Gasteiger partial charge in [-0.15, -0.1) is 11.3 Å². The number of rotatable bonds is 1. The van der Waals surface area contributed by atoms with Gasteiger partial charge in [0.2, 0.25) is 5.76 Å². The highest BCUT2D eigenvalue weighted by atomic mass is 32.1. The number of aliphatic hydroxyl groups excluding tert-OH is 1. The van der Waals surface area contributed by atoms with Crippen LogP contribution in [0.15, 0.2) is 24.0 Å². The fourth-order valence-corrected chi connectivity index (χ4v) is 2.31. The van der Waals surface area contributed by atoms with E-state index in [9.17, 15) is 13.2 Å². The SMILES string of the molecule is Cc1ccc2nc(/C=C(\O)C(F)(F)F)sc2c1. The Hall–Kier alpha value is -1.56. The molecule has 0 spiro atoms. The Kier molecular flexibility index (Phi) is 2.82. The van der Waals surface area contributed by atoms with E-state index < -0.39 is 11.9 Å². The maximum absolute atomic E-state index is 12.1. The molecule has 1 N–H and O–H groups in total. The molecule has 2 aromatic rings. The first-order valence-electron chi connectivity index (χ1n) is 4.71. The van der Waals surface area contributed by atoms with Crippen molar-refractivity contribution in [2.45, 2.75) is 13.1 Å². The first-order valence-corrected chi connectivity index (χ1v) is 5.53. The van der Waals surface area contributed by atoms with Crippen molar-refractivity contribution in [2.75, 3.05) is 0 Å². The van der Waals surface area contributed by atoms with E-state index in [0.29, 0.717) is 11.6 Å². The van der Waals surface area contributed by atoms with E-state index in [0.717, 1.165) is 21.6 Å². The molecule has 6 heteroatoms. The molecule has 90 valence electrons. The molecule has 0 atom stereocenters. The fraction of sp³-hybridized carbons (Fsp3) is 0.182. The van der Waals surface area contributed by atoms with E-state index in [-0.39, 0.29) is 5.01 Å². The normalized spacial score (nSPS) is 13.3. The number of nitrogens with zero attached hydrogens (tertiary/aromatic N) is 1. The molecule has 0 fully saturated rings. The van der Waals surface area contributed by atoms with E-state index in [1.54, 1.807) is 6.07 Å². The molecular weight excluding hydrogens is 251 g/mol. The van der Waals surface area contributed by atoms with Gasteiger partial charge in [0.15, 0.2) is 0 Å². The summed E-state index contributed by atoms with van der Waals surface area (Å²) in [5, 5.41) is 8.96. The van der Waals surface area contributed by atoms with Crippen LogP contribution in [-0.4, -0.2) is 16.3 Å². The van der Waals surface area contributed by atoms with Crippen LogP contribution < -0.4 is 0 Å². The number of alkyl halides is 3. The van der Waals surface area contributed by atoms with Crippen LogP contribution in [0.4, 0.5) is 13.2 Å². The van der Waals surface area contributed by atoms with Crippen molar-refractivity contribution in [3.8, 4) is 0 Å². The smallest absolute Gasteiger partial charge is 0.448 e. The Balaban J connectivity index is 2.44. The van der Waals surface area contributed by atoms with Gasteiger partial charge < -0.3 is 5.11 Å². The summed E-state index contributed by atoms with van der Waals surface area (Å²) < 4.78 is 37.1. The summed E-state index contributed by atoms with van der Waals surface area (Å²) in [4.78, 5) is 3.99. The number of hydrogen-bond donors (Lipinski definition) is 1. The van der Waals surface area contributed by atoms with Crippen LogP contribution in [0.5, 0.6) is 0 Å². The molecule has 0 saturated carbocycles. The molecule has 0 bridgehead atoms. The van der Waals surface area contributed by atoms with Gasteiger partial charge in [0.05, 0.1) is 10.2 Å². The molecule has 17 heavy (non-hydrogen) atoms. The van der Waals surface area contributed by atoms with Crippen LogP contribution in [-0.2, 0) is 0 Å². The highest BCUT2D eigenvalue weighted by molar-refractivity contribution is 7.19. The number of aryl methyl sites for hydroxylation is 1. The lowest BCUT2D eigenvalue weighted by atomic mass is 10.2. The number of halogens is 3. The van der Waals surface area contributed by atoms with E-state index in [1.807, 2.05) is 19.1 Å². The van der Waals surface area contributed by atoms with Gasteiger partial charge in [0.1, 0.15) is 5.01 Å². The number of thiazole rings is 1. The predicted octanol–water partition coefficient (Wildman–Crippen LogP) is 4.07. The van der Waals surface area contributed by atoms with Crippen LogP contribution in [0.3, 0.4) is 0 Å². The molecule has 0 amide bonds. The van der Waals surface area contributed by atoms with Crippen LogP contribution in [0.1, 0.15) is 10.6 Å². The van der Waals surface area contributed by atoms with Crippen LogP contribution in [0, 0.1) is 6.92 Å². The largest absolute Gasteiger partial charge is 0.504 e. The second-order valence-corrected chi connectivity index (χ2v) is 4.61. The van der Waals surface area contributed by atoms with Crippen molar-refractivity contribution >= 4 is 27.6 Å². The highest BCUT2D eigenvalue weighted by Gasteiger charge is 2.33. The summed E-state index contributed by atoms with van der Waals surface area (Å²) in [5.41, 5.74) is 1.64. The van der Waals surface area contributed by atoms with Crippen molar-refractivity contribution in [3.05, 3.63) is 34.5 Å². The third-order valence-electron chi connectivity index (χ3n) is 2.11. The van der Waals surface area contributed by atoms with Gasteiger partial charge in [0.25, 0.3) is 0 Å². The van der Waals surface area contributed by atoms with Crippen LogP contribution >= 0.6 is 11.3 Å². The monoisotopic (exact) mass is 259 g/mol. The summed E-state index contributed by atoms with van der Waals surface area (Å²) in [7, 11) is 0. The molecule has 0 aliphatic heterocycles. The molecule has 0 aliphatic rings. The second-order valence-electron chi connectivity index (χ2n) is 3.55. The van der Waals surface area contributed by atoms with Crippen LogP contribution in [0.25, 0.3) is 16.3 Å². The van der Waals surface area contributed by atoms with Crippen molar-refractivity contribution < 1.29 is 18.3 Å². The Morgan fingerprint density at radius 2 is 2.12 bits per heavy atom. The highest BCUT2D eigenvalue weighted by Crippen LogP contribution is 2.29. The van der Waals surface area contributed by atoms with Crippen LogP contribution in [0.2, 0.25) is 0 Å². The molecule has 2 nitrogen and oxygen atoms in total. The maximum Gasteiger partial charge on any atom is 0.448 e. The fourth-order valence-electron chi connectivity index (χ4n) is 1.31. The van der Waals surface area contributed by atoms with Crippen molar-refractivity contribution in [1.82, 2.24) is 4.98 Å². The van der Waals surface area contributed by atoms with Gasteiger partial charge in [-0.25, -0.2) is 4.98 Å². The Morgan fingerprint density at radius 1 is 1.41 bits per heavy atom. The van der Waals surface area contributed by atoms with E-state index >= 15 is 0 Å². The van der Waals surface area contributed by atoms with Crippen molar-refractivity contribution in [2.24, 2.45) is 0 Å². The number of aromatic nitrogens is 1. The maximum atomic E-state index is 12.1. The number of hydrogen-bond acceptors (Lipinski definition) is 3. The Morgan fingerprint density at radius 3 is 2.76 bits per heavy atom. The molecule has 1 aromatic carbocycles. The average Bonchev–Trinajstić information content (AvgIpc) is 2.57. The zero-order chi connectivity index (χ0) is 12.6. The van der Waals surface area contributed by atoms with Gasteiger partial charge in [-0.2, -0.15) is 13.2 Å². The first-order chi connectivity index (χ1) is 7.86. The summed E-state index contributed by atoms with van der Waals surface area (Å²) in [5.74, 6) is -1.63. The predicted molar refractivity (Wildman–Crippen MR) is 61.0 cm³/mol. The molecule has 1 aromatic heterocycles. The number of fused-ring (bicyclic) bond motifs is 1. The second kappa shape index (κ2) is 4.03. The summed E-state index contributed by atoms with van der Waals surface area (Å²) >= 11 is 1.11. The standard InChI is InChI=1S/C11H8F3NOS/c1-6-2-3-7-8(4-6)17-10(15-7)5-9(16)11(12,13)14/h2-5,16H,1H3/b9-5-.